The number of rotatable bonds is 8. The predicted molar refractivity (Wildman–Crippen MR) is 73.5 cm³/mol. The number of aromatic nitrogens is 3. The van der Waals surface area contributed by atoms with Crippen molar-refractivity contribution < 1.29 is 4.79 Å². The van der Waals surface area contributed by atoms with Crippen molar-refractivity contribution in [1.82, 2.24) is 19.9 Å². The van der Waals surface area contributed by atoms with Gasteiger partial charge in [-0.05, 0) is 12.3 Å². The van der Waals surface area contributed by atoms with E-state index in [9.17, 15) is 4.79 Å². The highest BCUT2D eigenvalue weighted by molar-refractivity contribution is 5.91. The van der Waals surface area contributed by atoms with Gasteiger partial charge in [-0.15, -0.1) is 5.10 Å². The number of aryl methyl sites for hydroxylation is 1. The summed E-state index contributed by atoms with van der Waals surface area (Å²) < 4.78 is 1.70. The van der Waals surface area contributed by atoms with Gasteiger partial charge in [0.1, 0.15) is 0 Å². The van der Waals surface area contributed by atoms with Crippen LogP contribution in [0.3, 0.4) is 0 Å². The second-order valence-corrected chi connectivity index (χ2v) is 4.92. The summed E-state index contributed by atoms with van der Waals surface area (Å²) in [7, 11) is 0. The van der Waals surface area contributed by atoms with E-state index in [4.69, 9.17) is 11.5 Å². The smallest absolute Gasteiger partial charge is 0.276 e. The number of carbonyl (C=O) groups is 1. The predicted octanol–water partition coefficient (Wildman–Crippen LogP) is -0.316. The van der Waals surface area contributed by atoms with Crippen molar-refractivity contribution in [2.75, 3.05) is 26.2 Å². The van der Waals surface area contributed by atoms with Crippen molar-refractivity contribution in [1.29, 1.82) is 0 Å². The van der Waals surface area contributed by atoms with E-state index in [1.165, 1.54) is 0 Å². The number of nitrogens with zero attached hydrogens (tertiary/aromatic N) is 4. The summed E-state index contributed by atoms with van der Waals surface area (Å²) in [4.78, 5) is 13.8. The second kappa shape index (κ2) is 7.85. The molecule has 108 valence electrons. The van der Waals surface area contributed by atoms with E-state index < -0.39 is 0 Å². The molecule has 0 aliphatic heterocycles. The Morgan fingerprint density at radius 1 is 1.37 bits per heavy atom. The van der Waals surface area contributed by atoms with Gasteiger partial charge in [-0.2, -0.15) is 0 Å². The zero-order valence-corrected chi connectivity index (χ0v) is 11.7. The van der Waals surface area contributed by atoms with Crippen LogP contribution in [0.1, 0.15) is 30.8 Å². The highest BCUT2D eigenvalue weighted by atomic mass is 16.2. The molecule has 0 radical (unpaired) electrons. The fraction of sp³-hybridized carbons (Fsp3) is 0.750. The zero-order chi connectivity index (χ0) is 14.3. The minimum Gasteiger partial charge on any atom is -0.335 e. The van der Waals surface area contributed by atoms with Crippen molar-refractivity contribution >= 4 is 5.91 Å². The van der Waals surface area contributed by atoms with E-state index in [-0.39, 0.29) is 5.91 Å². The fourth-order valence-corrected chi connectivity index (χ4v) is 1.68. The van der Waals surface area contributed by atoms with Crippen LogP contribution >= 0.6 is 0 Å². The normalized spacial score (nSPS) is 11.0. The summed E-state index contributed by atoms with van der Waals surface area (Å²) in [6.45, 7) is 6.84. The van der Waals surface area contributed by atoms with Crippen LogP contribution in [0.5, 0.6) is 0 Å². The highest BCUT2D eigenvalue weighted by Gasteiger charge is 2.17. The average Bonchev–Trinajstić information content (AvgIpc) is 2.84. The molecule has 0 aromatic carbocycles. The lowest BCUT2D eigenvalue weighted by atomic mass is 10.1. The molecule has 4 N–H and O–H groups in total. The number of hydrogen-bond acceptors (Lipinski definition) is 5. The molecule has 0 fully saturated rings. The summed E-state index contributed by atoms with van der Waals surface area (Å²) in [6.07, 6.45) is 2.69. The van der Waals surface area contributed by atoms with Crippen LogP contribution in [-0.4, -0.2) is 52.0 Å². The van der Waals surface area contributed by atoms with E-state index >= 15 is 0 Å². The molecular formula is C12H24N6O. The third kappa shape index (κ3) is 4.96. The van der Waals surface area contributed by atoms with Crippen molar-refractivity contribution in [3.8, 4) is 0 Å². The van der Waals surface area contributed by atoms with E-state index in [0.717, 1.165) is 13.0 Å². The van der Waals surface area contributed by atoms with Crippen molar-refractivity contribution in [3.63, 3.8) is 0 Å². The molecule has 1 aromatic rings. The topological polar surface area (TPSA) is 103 Å². The maximum Gasteiger partial charge on any atom is 0.276 e. The van der Waals surface area contributed by atoms with Crippen LogP contribution in [0.4, 0.5) is 0 Å². The molecule has 0 atom stereocenters. The minimum absolute atomic E-state index is 0.160. The molecule has 7 nitrogen and oxygen atoms in total. The molecule has 1 heterocycles. The Labute approximate surface area is 113 Å². The summed E-state index contributed by atoms with van der Waals surface area (Å²) in [5, 5.41) is 7.89. The first-order valence-electron chi connectivity index (χ1n) is 6.68. The summed E-state index contributed by atoms with van der Waals surface area (Å²) in [5.41, 5.74) is 11.3. The van der Waals surface area contributed by atoms with Gasteiger partial charge in [-0.25, -0.2) is 0 Å². The van der Waals surface area contributed by atoms with E-state index in [0.29, 0.717) is 37.8 Å². The maximum absolute atomic E-state index is 12.2. The molecule has 0 spiro atoms. The van der Waals surface area contributed by atoms with Gasteiger partial charge in [-0.3, -0.25) is 9.48 Å². The molecular weight excluding hydrogens is 244 g/mol. The molecule has 1 rings (SSSR count). The third-order valence-corrected chi connectivity index (χ3v) is 2.78. The minimum atomic E-state index is -0.160. The summed E-state index contributed by atoms with van der Waals surface area (Å²) in [6, 6.07) is 0. The molecule has 7 heteroatoms. The Kier molecular flexibility index (Phi) is 6.44. The number of carbonyl (C=O) groups excluding carboxylic acids is 1. The molecule has 1 aromatic heterocycles. The first-order chi connectivity index (χ1) is 9.08. The summed E-state index contributed by atoms with van der Waals surface area (Å²) >= 11 is 0. The van der Waals surface area contributed by atoms with Crippen LogP contribution in [0, 0.1) is 5.92 Å². The molecule has 0 saturated carbocycles. The van der Waals surface area contributed by atoms with Gasteiger partial charge in [0.15, 0.2) is 5.69 Å². The first kappa shape index (κ1) is 15.6. The van der Waals surface area contributed by atoms with Crippen LogP contribution in [-0.2, 0) is 6.54 Å². The number of amides is 1. The maximum atomic E-state index is 12.2. The standard InChI is InChI=1S/C12H24N6O/c1-10(2)3-6-18-9-11(15-16-18)12(19)17(7-4-13)8-5-14/h9-10H,3-8,13-14H2,1-2H3. The van der Waals surface area contributed by atoms with Gasteiger partial charge in [0.2, 0.25) is 0 Å². The first-order valence-corrected chi connectivity index (χ1v) is 6.68. The van der Waals surface area contributed by atoms with Gasteiger partial charge >= 0.3 is 0 Å². The molecule has 1 amide bonds. The molecule has 19 heavy (non-hydrogen) atoms. The van der Waals surface area contributed by atoms with Crippen molar-refractivity contribution in [2.24, 2.45) is 17.4 Å². The third-order valence-electron chi connectivity index (χ3n) is 2.78. The van der Waals surface area contributed by atoms with E-state index in [1.807, 2.05) is 0 Å². The highest BCUT2D eigenvalue weighted by Crippen LogP contribution is 2.04. The van der Waals surface area contributed by atoms with Crippen molar-refractivity contribution in [3.05, 3.63) is 11.9 Å². The molecule has 0 bridgehead atoms. The van der Waals surface area contributed by atoms with Gasteiger partial charge in [0.05, 0.1) is 6.20 Å². The lowest BCUT2D eigenvalue weighted by Crippen LogP contribution is -2.39. The lowest BCUT2D eigenvalue weighted by molar-refractivity contribution is 0.0759. The largest absolute Gasteiger partial charge is 0.335 e. The Hall–Kier alpha value is -1.47. The molecule has 0 aliphatic carbocycles. The summed E-state index contributed by atoms with van der Waals surface area (Å²) in [5.74, 6) is 0.432. The SMILES string of the molecule is CC(C)CCn1cc(C(=O)N(CCN)CCN)nn1. The van der Waals surface area contributed by atoms with E-state index in [1.54, 1.807) is 15.8 Å². The fourth-order valence-electron chi connectivity index (χ4n) is 1.68. The molecule has 0 unspecified atom stereocenters. The number of hydrogen-bond donors (Lipinski definition) is 2. The lowest BCUT2D eigenvalue weighted by Gasteiger charge is -2.19. The van der Waals surface area contributed by atoms with Gasteiger partial charge < -0.3 is 16.4 Å². The van der Waals surface area contributed by atoms with Gasteiger partial charge in [0.25, 0.3) is 5.91 Å². The molecule has 0 aliphatic rings. The van der Waals surface area contributed by atoms with E-state index in [2.05, 4.69) is 24.2 Å². The monoisotopic (exact) mass is 268 g/mol. The Morgan fingerprint density at radius 2 is 2.00 bits per heavy atom. The van der Waals surface area contributed by atoms with Gasteiger partial charge in [-0.1, -0.05) is 19.1 Å². The van der Waals surface area contributed by atoms with Crippen LogP contribution in [0.15, 0.2) is 6.20 Å². The Balaban J connectivity index is 2.65. The molecule has 0 saturated heterocycles. The Bertz CT molecular complexity index is 383. The zero-order valence-electron chi connectivity index (χ0n) is 11.7. The second-order valence-electron chi connectivity index (χ2n) is 4.92. The average molecular weight is 268 g/mol. The van der Waals surface area contributed by atoms with Gasteiger partial charge in [0, 0.05) is 32.7 Å². The van der Waals surface area contributed by atoms with Crippen LogP contribution < -0.4 is 11.5 Å². The Morgan fingerprint density at radius 3 is 2.53 bits per heavy atom. The number of nitrogens with two attached hydrogens (primary N) is 2. The van der Waals surface area contributed by atoms with Crippen LogP contribution in [0.25, 0.3) is 0 Å². The van der Waals surface area contributed by atoms with Crippen molar-refractivity contribution in [2.45, 2.75) is 26.8 Å². The quantitative estimate of drug-likeness (QED) is 0.673. The van der Waals surface area contributed by atoms with Crippen LogP contribution in [0.2, 0.25) is 0 Å².